The zero-order valence-electron chi connectivity index (χ0n) is 11.0. The number of benzene rings is 1. The first-order chi connectivity index (χ1) is 8.72. The summed E-state index contributed by atoms with van der Waals surface area (Å²) < 4.78 is 4.89. The van der Waals surface area contributed by atoms with E-state index < -0.39 is 6.09 Å². The Labute approximate surface area is 108 Å². The monoisotopic (exact) mass is 252 g/mol. The minimum absolute atomic E-state index is 0.0792. The lowest BCUT2D eigenvalue weighted by atomic mass is 10.2. The third kappa shape index (κ3) is 7.27. The van der Waals surface area contributed by atoms with Gasteiger partial charge in [-0.05, 0) is 5.56 Å². The van der Waals surface area contributed by atoms with E-state index in [-0.39, 0.29) is 19.1 Å². The summed E-state index contributed by atoms with van der Waals surface area (Å²) in [4.78, 5) is 21.9. The third-order valence-electron chi connectivity index (χ3n) is 1.88. The van der Waals surface area contributed by atoms with Gasteiger partial charge in [-0.1, -0.05) is 44.2 Å². The average Bonchev–Trinajstić information content (AvgIpc) is 2.45. The van der Waals surface area contributed by atoms with Crippen molar-refractivity contribution in [3.8, 4) is 0 Å². The minimum Gasteiger partial charge on any atom is -0.445 e. The highest BCUT2D eigenvalue weighted by molar-refractivity contribution is 5.81. The van der Waals surface area contributed by atoms with Crippen LogP contribution in [0.3, 0.4) is 0 Å². The zero-order valence-corrected chi connectivity index (χ0v) is 11.0. The molecule has 1 aromatic rings. The van der Waals surface area contributed by atoms with Crippen LogP contribution in [0, 0.1) is 0 Å². The number of rotatable bonds is 4. The molecular weight excluding hydrogens is 232 g/mol. The summed E-state index contributed by atoms with van der Waals surface area (Å²) in [5.74, 6) is -0.267. The van der Waals surface area contributed by atoms with Crippen LogP contribution in [0.1, 0.15) is 19.4 Å². The molecule has 2 amide bonds. The fourth-order valence-corrected chi connectivity index (χ4v) is 1.01. The molecule has 1 rings (SSSR count). The summed E-state index contributed by atoms with van der Waals surface area (Å²) in [5, 5.41) is 4.72. The molecule has 0 aromatic heterocycles. The van der Waals surface area contributed by atoms with Gasteiger partial charge in [0.15, 0.2) is 0 Å². The van der Waals surface area contributed by atoms with E-state index in [4.69, 9.17) is 4.74 Å². The maximum absolute atomic E-state index is 11.1. The number of alkyl carbamates (subject to hydrolysis) is 1. The summed E-state index contributed by atoms with van der Waals surface area (Å²) in [7, 11) is 1.50. The molecular formula is C13H20N2O3. The Morgan fingerprint density at radius 2 is 1.78 bits per heavy atom. The van der Waals surface area contributed by atoms with E-state index in [1.54, 1.807) is 0 Å². The van der Waals surface area contributed by atoms with Gasteiger partial charge in [0, 0.05) is 7.05 Å². The van der Waals surface area contributed by atoms with Crippen LogP contribution < -0.4 is 10.6 Å². The molecule has 0 unspecified atom stereocenters. The predicted molar refractivity (Wildman–Crippen MR) is 70.0 cm³/mol. The average molecular weight is 252 g/mol. The fraction of sp³-hybridized carbons (Fsp3) is 0.385. The van der Waals surface area contributed by atoms with Crippen molar-refractivity contribution in [2.75, 3.05) is 13.6 Å². The second-order valence-corrected chi connectivity index (χ2v) is 3.09. The van der Waals surface area contributed by atoms with Crippen molar-refractivity contribution in [2.24, 2.45) is 0 Å². The quantitative estimate of drug-likeness (QED) is 0.856. The lowest BCUT2D eigenvalue weighted by Crippen LogP contribution is -2.35. The van der Waals surface area contributed by atoms with Gasteiger partial charge in [-0.15, -0.1) is 0 Å². The number of likely N-dealkylation sites (N-methyl/N-ethyl adjacent to an activating group) is 1. The Balaban J connectivity index is 0.00000137. The molecule has 0 spiro atoms. The van der Waals surface area contributed by atoms with Gasteiger partial charge in [-0.2, -0.15) is 0 Å². The Kier molecular flexibility index (Phi) is 8.99. The molecule has 0 heterocycles. The lowest BCUT2D eigenvalue weighted by Gasteiger charge is -2.06. The van der Waals surface area contributed by atoms with Crippen molar-refractivity contribution in [1.82, 2.24) is 10.6 Å². The summed E-state index contributed by atoms with van der Waals surface area (Å²) >= 11 is 0. The third-order valence-corrected chi connectivity index (χ3v) is 1.88. The topological polar surface area (TPSA) is 67.4 Å². The molecule has 5 nitrogen and oxygen atoms in total. The molecule has 0 saturated carbocycles. The normalized spacial score (nSPS) is 8.61. The lowest BCUT2D eigenvalue weighted by molar-refractivity contribution is -0.119. The molecule has 0 radical (unpaired) electrons. The summed E-state index contributed by atoms with van der Waals surface area (Å²) in [6.45, 7) is 4.12. The van der Waals surface area contributed by atoms with Gasteiger partial charge in [0.2, 0.25) is 5.91 Å². The van der Waals surface area contributed by atoms with Gasteiger partial charge < -0.3 is 15.4 Å². The zero-order chi connectivity index (χ0) is 13.8. The van der Waals surface area contributed by atoms with Gasteiger partial charge in [0.25, 0.3) is 0 Å². The maximum atomic E-state index is 11.1. The van der Waals surface area contributed by atoms with Crippen molar-refractivity contribution in [3.05, 3.63) is 35.9 Å². The van der Waals surface area contributed by atoms with Crippen molar-refractivity contribution < 1.29 is 14.3 Å². The van der Waals surface area contributed by atoms with Crippen LogP contribution in [-0.4, -0.2) is 25.6 Å². The summed E-state index contributed by atoms with van der Waals surface area (Å²) in [6.07, 6.45) is -0.604. The molecule has 0 saturated heterocycles. The van der Waals surface area contributed by atoms with Crippen LogP contribution in [0.25, 0.3) is 0 Å². The van der Waals surface area contributed by atoms with Crippen LogP contribution >= 0.6 is 0 Å². The second kappa shape index (κ2) is 10.1. The van der Waals surface area contributed by atoms with E-state index in [2.05, 4.69) is 10.6 Å². The highest BCUT2D eigenvalue weighted by Gasteiger charge is 2.04. The first-order valence-electron chi connectivity index (χ1n) is 5.87. The van der Waals surface area contributed by atoms with Gasteiger partial charge in [-0.3, -0.25) is 4.79 Å². The molecule has 5 heteroatoms. The molecule has 1 aromatic carbocycles. The van der Waals surface area contributed by atoms with Gasteiger partial charge in [-0.25, -0.2) is 4.79 Å². The predicted octanol–water partition coefficient (Wildman–Crippen LogP) is 1.68. The highest BCUT2D eigenvalue weighted by Crippen LogP contribution is 2.00. The molecule has 0 atom stereocenters. The molecule has 0 fully saturated rings. The smallest absolute Gasteiger partial charge is 0.407 e. The van der Waals surface area contributed by atoms with Crippen LogP contribution in [0.5, 0.6) is 0 Å². The van der Waals surface area contributed by atoms with Crippen LogP contribution in [0.2, 0.25) is 0 Å². The van der Waals surface area contributed by atoms with Gasteiger partial charge in [0.1, 0.15) is 6.61 Å². The number of carbonyl (C=O) groups excluding carboxylic acids is 2. The Morgan fingerprint density at radius 3 is 2.33 bits per heavy atom. The van der Waals surface area contributed by atoms with E-state index in [9.17, 15) is 9.59 Å². The molecule has 0 aliphatic carbocycles. The van der Waals surface area contributed by atoms with E-state index in [1.165, 1.54) is 7.05 Å². The second-order valence-electron chi connectivity index (χ2n) is 3.09. The largest absolute Gasteiger partial charge is 0.445 e. The van der Waals surface area contributed by atoms with Gasteiger partial charge in [0.05, 0.1) is 6.54 Å². The highest BCUT2D eigenvalue weighted by atomic mass is 16.5. The van der Waals surface area contributed by atoms with Crippen molar-refractivity contribution >= 4 is 12.0 Å². The number of hydrogen-bond donors (Lipinski definition) is 2. The van der Waals surface area contributed by atoms with Crippen LogP contribution in [0.4, 0.5) is 4.79 Å². The van der Waals surface area contributed by atoms with E-state index in [0.29, 0.717) is 0 Å². The first-order valence-corrected chi connectivity index (χ1v) is 5.87. The molecule has 100 valence electrons. The number of nitrogens with one attached hydrogen (secondary N) is 2. The first kappa shape index (κ1) is 16.0. The van der Waals surface area contributed by atoms with E-state index in [1.807, 2.05) is 44.2 Å². The number of amides is 2. The summed E-state index contributed by atoms with van der Waals surface area (Å²) in [6, 6.07) is 9.31. The van der Waals surface area contributed by atoms with E-state index >= 15 is 0 Å². The fourth-order valence-electron chi connectivity index (χ4n) is 1.01. The Hall–Kier alpha value is -2.04. The summed E-state index contributed by atoms with van der Waals surface area (Å²) in [5.41, 5.74) is 0.901. The van der Waals surface area contributed by atoms with Crippen molar-refractivity contribution in [3.63, 3.8) is 0 Å². The van der Waals surface area contributed by atoms with Crippen LogP contribution in [-0.2, 0) is 16.1 Å². The minimum atomic E-state index is -0.604. The molecule has 18 heavy (non-hydrogen) atoms. The number of hydrogen-bond acceptors (Lipinski definition) is 3. The van der Waals surface area contributed by atoms with E-state index in [0.717, 1.165) is 5.56 Å². The molecule has 2 N–H and O–H groups in total. The molecule has 0 aliphatic heterocycles. The molecule has 0 aliphatic rings. The van der Waals surface area contributed by atoms with Gasteiger partial charge >= 0.3 is 6.09 Å². The number of carbonyl (C=O) groups is 2. The Bertz CT molecular complexity index is 353. The van der Waals surface area contributed by atoms with Crippen molar-refractivity contribution in [1.29, 1.82) is 0 Å². The SMILES string of the molecule is CC.CNC(=O)CNC(=O)OCc1ccccc1. The Morgan fingerprint density at radius 1 is 1.17 bits per heavy atom. The number of ether oxygens (including phenoxy) is 1. The standard InChI is InChI=1S/C11H14N2O3.C2H6/c1-12-10(14)7-13-11(15)16-8-9-5-3-2-4-6-9;1-2/h2-6H,7-8H2,1H3,(H,12,14)(H,13,15);1-2H3. The maximum Gasteiger partial charge on any atom is 0.407 e. The van der Waals surface area contributed by atoms with Crippen molar-refractivity contribution in [2.45, 2.75) is 20.5 Å². The van der Waals surface area contributed by atoms with Crippen LogP contribution in [0.15, 0.2) is 30.3 Å². The molecule has 0 bridgehead atoms.